The normalized spacial score (nSPS) is 14.3. The van der Waals surface area contributed by atoms with E-state index in [1.807, 2.05) is 48.5 Å². The van der Waals surface area contributed by atoms with E-state index >= 15 is 0 Å². The summed E-state index contributed by atoms with van der Waals surface area (Å²) in [5.74, 6) is 1.79. The molecule has 0 spiro atoms. The number of halogens is 1. The second kappa shape index (κ2) is 9.84. The van der Waals surface area contributed by atoms with Crippen molar-refractivity contribution in [2.45, 2.75) is 19.3 Å². The maximum atomic E-state index is 12.9. The van der Waals surface area contributed by atoms with Crippen LogP contribution in [0.4, 0.5) is 11.5 Å². The number of anilines is 2. The molecule has 2 heterocycles. The number of rotatable bonds is 6. The van der Waals surface area contributed by atoms with Crippen molar-refractivity contribution in [1.29, 1.82) is 0 Å². The number of pyridine rings is 1. The Kier molecular flexibility index (Phi) is 6.73. The summed E-state index contributed by atoms with van der Waals surface area (Å²) < 4.78 is 5.52. The van der Waals surface area contributed by atoms with Crippen LogP contribution < -0.4 is 15.0 Å². The van der Waals surface area contributed by atoms with E-state index in [2.05, 4.69) is 27.3 Å². The Labute approximate surface area is 188 Å². The molecule has 0 aliphatic carbocycles. The molecule has 0 saturated carbocycles. The van der Waals surface area contributed by atoms with Gasteiger partial charge in [-0.1, -0.05) is 41.9 Å². The molecule has 0 bridgehead atoms. The lowest BCUT2D eigenvalue weighted by molar-refractivity contribution is -0.120. The summed E-state index contributed by atoms with van der Waals surface area (Å²) in [5, 5.41) is 3.73. The Bertz CT molecular complexity index is 1020. The Morgan fingerprint density at radius 2 is 1.90 bits per heavy atom. The molecule has 31 heavy (non-hydrogen) atoms. The van der Waals surface area contributed by atoms with Crippen LogP contribution in [0.25, 0.3) is 0 Å². The Morgan fingerprint density at radius 3 is 2.58 bits per heavy atom. The molecule has 2 aromatic carbocycles. The van der Waals surface area contributed by atoms with Gasteiger partial charge in [0.05, 0.1) is 12.1 Å². The summed E-state index contributed by atoms with van der Waals surface area (Å²) in [6, 6.07) is 19.8. The highest BCUT2D eigenvalue weighted by atomic mass is 35.5. The van der Waals surface area contributed by atoms with Gasteiger partial charge in [-0.05, 0) is 48.7 Å². The van der Waals surface area contributed by atoms with Crippen molar-refractivity contribution < 1.29 is 9.53 Å². The van der Waals surface area contributed by atoms with Crippen molar-refractivity contribution >= 4 is 29.0 Å². The van der Waals surface area contributed by atoms with E-state index in [9.17, 15) is 4.79 Å². The number of aromatic nitrogens is 1. The summed E-state index contributed by atoms with van der Waals surface area (Å²) in [6.45, 7) is 1.60. The highest BCUT2D eigenvalue weighted by molar-refractivity contribution is 6.30. The number of hydrogen-bond donors (Lipinski definition) is 1. The average Bonchev–Trinajstić information content (AvgIpc) is 2.81. The molecule has 1 fully saturated rings. The van der Waals surface area contributed by atoms with Gasteiger partial charge in [0.2, 0.25) is 5.91 Å². The predicted molar refractivity (Wildman–Crippen MR) is 125 cm³/mol. The number of benzene rings is 2. The molecule has 1 saturated heterocycles. The maximum absolute atomic E-state index is 12.9. The minimum atomic E-state index is -0.0109. The van der Waals surface area contributed by atoms with E-state index < -0.39 is 0 Å². The van der Waals surface area contributed by atoms with E-state index in [-0.39, 0.29) is 11.8 Å². The molecule has 160 valence electrons. The Morgan fingerprint density at radius 1 is 1.13 bits per heavy atom. The lowest BCUT2D eigenvalue weighted by Crippen LogP contribution is -2.38. The standard InChI is InChI=1S/C25H26ClN3O2/c1-31-23-9-8-22(16-20(23)15-18-5-3-2-4-6-18)28-25(30)19-11-13-29(14-12-19)24-10-7-21(26)17-27-24/h2-10,16-17,19H,11-15H2,1H3,(H,28,30). The van der Waals surface area contributed by atoms with Crippen LogP contribution in [0.5, 0.6) is 5.75 Å². The highest BCUT2D eigenvalue weighted by Gasteiger charge is 2.25. The summed E-state index contributed by atoms with van der Waals surface area (Å²) in [5.41, 5.74) is 3.06. The smallest absolute Gasteiger partial charge is 0.227 e. The van der Waals surface area contributed by atoms with Crippen molar-refractivity contribution in [2.75, 3.05) is 30.4 Å². The van der Waals surface area contributed by atoms with Gasteiger partial charge >= 0.3 is 0 Å². The average molecular weight is 436 g/mol. The lowest BCUT2D eigenvalue weighted by atomic mass is 9.95. The summed E-state index contributed by atoms with van der Waals surface area (Å²) >= 11 is 5.93. The van der Waals surface area contributed by atoms with Gasteiger partial charge in [-0.3, -0.25) is 4.79 Å². The first-order chi connectivity index (χ1) is 15.1. The molecule has 1 aliphatic heterocycles. The minimum absolute atomic E-state index is 0.0109. The van der Waals surface area contributed by atoms with Gasteiger partial charge < -0.3 is 15.0 Å². The molecule has 0 radical (unpaired) electrons. The second-order valence-electron chi connectivity index (χ2n) is 7.77. The highest BCUT2D eigenvalue weighted by Crippen LogP contribution is 2.27. The first kappa shape index (κ1) is 21.2. The van der Waals surface area contributed by atoms with E-state index in [0.717, 1.165) is 55.2 Å². The van der Waals surface area contributed by atoms with Crippen molar-refractivity contribution in [3.05, 3.63) is 83.0 Å². The molecule has 1 aliphatic rings. The van der Waals surface area contributed by atoms with Crippen LogP contribution in [0.1, 0.15) is 24.0 Å². The van der Waals surface area contributed by atoms with E-state index in [1.54, 1.807) is 13.3 Å². The SMILES string of the molecule is COc1ccc(NC(=O)C2CCN(c3ccc(Cl)cn3)CC2)cc1Cc1ccccc1. The van der Waals surface area contributed by atoms with Gasteiger partial charge in [0.15, 0.2) is 0 Å². The molecule has 3 aromatic rings. The fourth-order valence-corrected chi connectivity index (χ4v) is 4.09. The number of hydrogen-bond acceptors (Lipinski definition) is 4. The van der Waals surface area contributed by atoms with Crippen molar-refractivity contribution in [3.8, 4) is 5.75 Å². The molecule has 1 aromatic heterocycles. The lowest BCUT2D eigenvalue weighted by Gasteiger charge is -2.32. The zero-order valence-corrected chi connectivity index (χ0v) is 18.3. The molecule has 0 unspecified atom stereocenters. The van der Waals surface area contributed by atoms with Crippen molar-refractivity contribution in [1.82, 2.24) is 4.98 Å². The molecule has 0 atom stereocenters. The largest absolute Gasteiger partial charge is 0.496 e. The third-order valence-corrected chi connectivity index (χ3v) is 5.91. The number of carbonyl (C=O) groups excluding carboxylic acids is 1. The molecule has 5 nitrogen and oxygen atoms in total. The van der Waals surface area contributed by atoms with Crippen LogP contribution in [0.15, 0.2) is 66.9 Å². The second-order valence-corrected chi connectivity index (χ2v) is 8.21. The van der Waals surface area contributed by atoms with Gasteiger partial charge in [-0.25, -0.2) is 4.98 Å². The molecule has 1 N–H and O–H groups in total. The molecule has 4 rings (SSSR count). The summed E-state index contributed by atoms with van der Waals surface area (Å²) in [6.07, 6.45) is 4.00. The quantitative estimate of drug-likeness (QED) is 0.579. The van der Waals surface area contributed by atoms with Crippen LogP contribution in [-0.2, 0) is 11.2 Å². The monoisotopic (exact) mass is 435 g/mol. The topological polar surface area (TPSA) is 54.5 Å². The number of nitrogens with zero attached hydrogens (tertiary/aromatic N) is 2. The number of piperidine rings is 1. The van der Waals surface area contributed by atoms with E-state index in [4.69, 9.17) is 16.3 Å². The number of carbonyl (C=O) groups is 1. The van der Waals surface area contributed by atoms with Crippen molar-refractivity contribution in [3.63, 3.8) is 0 Å². The predicted octanol–water partition coefficient (Wildman–Crippen LogP) is 5.19. The summed E-state index contributed by atoms with van der Waals surface area (Å²) in [4.78, 5) is 19.5. The third kappa shape index (κ3) is 5.36. The van der Waals surface area contributed by atoms with E-state index in [1.165, 1.54) is 5.56 Å². The zero-order chi connectivity index (χ0) is 21.6. The van der Waals surface area contributed by atoms with Gasteiger partial charge in [0.1, 0.15) is 11.6 Å². The van der Waals surface area contributed by atoms with Crippen LogP contribution >= 0.6 is 11.6 Å². The zero-order valence-electron chi connectivity index (χ0n) is 17.6. The molecular weight excluding hydrogens is 410 g/mol. The van der Waals surface area contributed by atoms with Gasteiger partial charge in [0.25, 0.3) is 0 Å². The maximum Gasteiger partial charge on any atom is 0.227 e. The van der Waals surface area contributed by atoms with Crippen LogP contribution in [-0.4, -0.2) is 31.1 Å². The summed E-state index contributed by atoms with van der Waals surface area (Å²) in [7, 11) is 1.67. The third-order valence-electron chi connectivity index (χ3n) is 5.69. The number of amides is 1. The van der Waals surface area contributed by atoms with Crippen LogP contribution in [0.3, 0.4) is 0 Å². The number of ether oxygens (including phenoxy) is 1. The number of nitrogens with one attached hydrogen (secondary N) is 1. The fourth-order valence-electron chi connectivity index (χ4n) is 3.98. The molecule has 6 heteroatoms. The van der Waals surface area contributed by atoms with Gasteiger partial charge in [-0.15, -0.1) is 0 Å². The minimum Gasteiger partial charge on any atom is -0.496 e. The fraction of sp³-hybridized carbons (Fsp3) is 0.280. The van der Waals surface area contributed by atoms with E-state index in [0.29, 0.717) is 5.02 Å². The van der Waals surface area contributed by atoms with Crippen molar-refractivity contribution in [2.24, 2.45) is 5.92 Å². The first-order valence-corrected chi connectivity index (χ1v) is 10.9. The van der Waals surface area contributed by atoms with Gasteiger partial charge in [-0.2, -0.15) is 0 Å². The first-order valence-electron chi connectivity index (χ1n) is 10.5. The molecular formula is C25H26ClN3O2. The Balaban J connectivity index is 1.38. The Hall–Kier alpha value is -3.05. The van der Waals surface area contributed by atoms with Crippen LogP contribution in [0.2, 0.25) is 5.02 Å². The van der Waals surface area contributed by atoms with Crippen LogP contribution in [0, 0.1) is 5.92 Å². The molecule has 1 amide bonds. The number of methoxy groups -OCH3 is 1. The van der Waals surface area contributed by atoms with Gasteiger partial charge in [0, 0.05) is 42.9 Å².